The average Bonchev–Trinajstić information content (AvgIpc) is 3.32. The van der Waals surface area contributed by atoms with Gasteiger partial charge in [-0.3, -0.25) is 14.4 Å². The molecule has 2 aliphatic heterocycles. The first-order valence-electron chi connectivity index (χ1n) is 12.2. The van der Waals surface area contributed by atoms with E-state index in [-0.39, 0.29) is 35.8 Å². The highest BCUT2D eigenvalue weighted by molar-refractivity contribution is 5.77. The van der Waals surface area contributed by atoms with Gasteiger partial charge in [-0.05, 0) is 44.4 Å². The molecule has 0 radical (unpaired) electrons. The summed E-state index contributed by atoms with van der Waals surface area (Å²) < 4.78 is 4.95. The second-order valence-electron chi connectivity index (χ2n) is 9.68. The van der Waals surface area contributed by atoms with Crippen LogP contribution in [0.1, 0.15) is 81.1 Å². The van der Waals surface area contributed by atoms with Crippen LogP contribution in [0.4, 0.5) is 0 Å². The maximum Gasteiger partial charge on any atom is 0.251 e. The standard InChI is InChI=1S/C24H36N4O4/c1-32-16-23(31)27-11-8-18(9-12-27)24-25-20(14-21(29)26-24)19-7-4-10-28(15-19)22(30)13-17-5-2-3-6-17/h14,17-19H,2-13,15-16H2,1H3,(H,25,26,29). The minimum atomic E-state index is -0.128. The lowest BCUT2D eigenvalue weighted by molar-refractivity contribution is -0.136. The van der Waals surface area contributed by atoms with Crippen LogP contribution in [0.2, 0.25) is 0 Å². The zero-order valence-electron chi connectivity index (χ0n) is 19.2. The van der Waals surface area contributed by atoms with Crippen molar-refractivity contribution in [1.82, 2.24) is 19.8 Å². The Labute approximate surface area is 189 Å². The quantitative estimate of drug-likeness (QED) is 0.727. The monoisotopic (exact) mass is 444 g/mol. The maximum absolute atomic E-state index is 12.8. The number of aromatic nitrogens is 2. The molecule has 8 heteroatoms. The summed E-state index contributed by atoms with van der Waals surface area (Å²) in [5.74, 6) is 1.79. The molecular weight excluding hydrogens is 408 g/mol. The van der Waals surface area contributed by atoms with E-state index >= 15 is 0 Å². The fourth-order valence-electron chi connectivity index (χ4n) is 5.55. The highest BCUT2D eigenvalue weighted by Crippen LogP contribution is 2.31. The summed E-state index contributed by atoms with van der Waals surface area (Å²) in [4.78, 5) is 48.9. The fourth-order valence-corrected chi connectivity index (χ4v) is 5.55. The number of nitrogens with zero attached hydrogens (tertiary/aromatic N) is 3. The van der Waals surface area contributed by atoms with Gasteiger partial charge in [0.15, 0.2) is 0 Å². The van der Waals surface area contributed by atoms with Gasteiger partial charge in [-0.1, -0.05) is 12.8 Å². The molecule has 2 amide bonds. The molecule has 1 unspecified atom stereocenters. The molecule has 32 heavy (non-hydrogen) atoms. The molecule has 0 aromatic carbocycles. The Kier molecular flexibility index (Phi) is 7.60. The fraction of sp³-hybridized carbons (Fsp3) is 0.750. The van der Waals surface area contributed by atoms with Crippen molar-refractivity contribution in [2.75, 3.05) is 39.9 Å². The van der Waals surface area contributed by atoms with Gasteiger partial charge < -0.3 is 19.5 Å². The number of carbonyl (C=O) groups excluding carboxylic acids is 2. The normalized spacial score (nSPS) is 23.0. The van der Waals surface area contributed by atoms with Crippen molar-refractivity contribution < 1.29 is 14.3 Å². The molecule has 3 aliphatic rings. The molecule has 3 fully saturated rings. The molecule has 1 aromatic rings. The molecule has 0 bridgehead atoms. The van der Waals surface area contributed by atoms with Crippen molar-refractivity contribution in [3.63, 3.8) is 0 Å². The van der Waals surface area contributed by atoms with Gasteiger partial charge in [-0.15, -0.1) is 0 Å². The van der Waals surface area contributed by atoms with Crippen molar-refractivity contribution >= 4 is 11.8 Å². The lowest BCUT2D eigenvalue weighted by Gasteiger charge is -2.34. The molecule has 1 atom stereocenters. The van der Waals surface area contributed by atoms with E-state index in [0.29, 0.717) is 32.0 Å². The number of hydrogen-bond acceptors (Lipinski definition) is 5. The molecule has 1 N–H and O–H groups in total. The maximum atomic E-state index is 12.8. The number of likely N-dealkylation sites (tertiary alicyclic amines) is 2. The first-order chi connectivity index (χ1) is 15.5. The van der Waals surface area contributed by atoms with E-state index in [2.05, 4.69) is 4.98 Å². The third-order valence-corrected chi connectivity index (χ3v) is 7.41. The van der Waals surface area contributed by atoms with Crippen molar-refractivity contribution in [3.8, 4) is 0 Å². The molecule has 1 saturated carbocycles. The highest BCUT2D eigenvalue weighted by Gasteiger charge is 2.30. The van der Waals surface area contributed by atoms with Crippen LogP contribution < -0.4 is 5.56 Å². The number of aromatic amines is 1. The van der Waals surface area contributed by atoms with Gasteiger partial charge in [-0.2, -0.15) is 0 Å². The number of hydrogen-bond donors (Lipinski definition) is 1. The minimum absolute atomic E-state index is 0.00530. The number of carbonyl (C=O) groups is 2. The second-order valence-corrected chi connectivity index (χ2v) is 9.68. The third kappa shape index (κ3) is 5.57. The van der Waals surface area contributed by atoms with E-state index in [0.717, 1.165) is 43.7 Å². The highest BCUT2D eigenvalue weighted by atomic mass is 16.5. The average molecular weight is 445 g/mol. The summed E-state index contributed by atoms with van der Waals surface area (Å²) in [6.07, 6.45) is 8.98. The predicted molar refractivity (Wildman–Crippen MR) is 120 cm³/mol. The molecule has 176 valence electrons. The first-order valence-corrected chi connectivity index (χ1v) is 12.2. The number of ether oxygens (including phenoxy) is 1. The summed E-state index contributed by atoms with van der Waals surface area (Å²) >= 11 is 0. The number of H-pyrrole nitrogens is 1. The zero-order valence-corrected chi connectivity index (χ0v) is 19.2. The summed E-state index contributed by atoms with van der Waals surface area (Å²) in [7, 11) is 1.53. The van der Waals surface area contributed by atoms with Crippen LogP contribution in [-0.4, -0.2) is 71.5 Å². The Balaban J connectivity index is 1.39. The molecule has 3 heterocycles. The number of amides is 2. The summed E-state index contributed by atoms with van der Waals surface area (Å²) in [5.41, 5.74) is 0.678. The van der Waals surface area contributed by atoms with Crippen molar-refractivity contribution in [2.24, 2.45) is 5.92 Å². The summed E-state index contributed by atoms with van der Waals surface area (Å²) in [5, 5.41) is 0. The first kappa shape index (κ1) is 23.0. The number of piperidine rings is 2. The number of methoxy groups -OCH3 is 1. The number of nitrogens with one attached hydrogen (secondary N) is 1. The molecular formula is C24H36N4O4. The predicted octanol–water partition coefficient (Wildman–Crippen LogP) is 2.41. The molecule has 0 spiro atoms. The van der Waals surface area contributed by atoms with E-state index < -0.39 is 0 Å². The van der Waals surface area contributed by atoms with Crippen molar-refractivity contribution in [2.45, 2.75) is 69.6 Å². The smallest absolute Gasteiger partial charge is 0.251 e. The van der Waals surface area contributed by atoms with Gasteiger partial charge in [-0.25, -0.2) is 4.98 Å². The Morgan fingerprint density at radius 3 is 2.47 bits per heavy atom. The van der Waals surface area contributed by atoms with Gasteiger partial charge in [0.25, 0.3) is 5.56 Å². The van der Waals surface area contributed by atoms with E-state index in [1.165, 1.54) is 32.8 Å². The van der Waals surface area contributed by atoms with Gasteiger partial charge in [0.05, 0.1) is 5.69 Å². The molecule has 1 aliphatic carbocycles. The van der Waals surface area contributed by atoms with Gasteiger partial charge in [0.1, 0.15) is 12.4 Å². The van der Waals surface area contributed by atoms with E-state index in [9.17, 15) is 14.4 Å². The van der Waals surface area contributed by atoms with Crippen LogP contribution in [0.25, 0.3) is 0 Å². The summed E-state index contributed by atoms with van der Waals surface area (Å²) in [6.45, 7) is 2.87. The van der Waals surface area contributed by atoms with Gasteiger partial charge in [0, 0.05) is 57.6 Å². The van der Waals surface area contributed by atoms with E-state index in [1.807, 2.05) is 9.80 Å². The van der Waals surface area contributed by atoms with Gasteiger partial charge >= 0.3 is 0 Å². The van der Waals surface area contributed by atoms with Crippen molar-refractivity contribution in [1.29, 1.82) is 0 Å². The SMILES string of the molecule is COCC(=O)N1CCC(c2nc(C3CCCN(C(=O)CC4CCCC4)C3)cc(=O)[nH]2)CC1. The third-order valence-electron chi connectivity index (χ3n) is 7.41. The van der Waals surface area contributed by atoms with Gasteiger partial charge in [0.2, 0.25) is 11.8 Å². The largest absolute Gasteiger partial charge is 0.375 e. The van der Waals surface area contributed by atoms with E-state index in [1.54, 1.807) is 6.07 Å². The zero-order chi connectivity index (χ0) is 22.5. The lowest BCUT2D eigenvalue weighted by Crippen LogP contribution is -2.41. The van der Waals surface area contributed by atoms with Crippen LogP contribution in [0.5, 0.6) is 0 Å². The van der Waals surface area contributed by atoms with Crippen LogP contribution >= 0.6 is 0 Å². The number of rotatable bonds is 6. The molecule has 8 nitrogen and oxygen atoms in total. The Morgan fingerprint density at radius 2 is 1.75 bits per heavy atom. The Hall–Kier alpha value is -2.22. The van der Waals surface area contributed by atoms with Crippen molar-refractivity contribution in [3.05, 3.63) is 27.9 Å². The molecule has 4 rings (SSSR count). The van der Waals surface area contributed by atoms with Crippen LogP contribution in [0.3, 0.4) is 0 Å². The topological polar surface area (TPSA) is 95.6 Å². The summed E-state index contributed by atoms with van der Waals surface area (Å²) in [6, 6.07) is 1.61. The Bertz CT molecular complexity index is 856. The van der Waals surface area contributed by atoms with E-state index in [4.69, 9.17) is 9.72 Å². The molecule has 1 aromatic heterocycles. The van der Waals surface area contributed by atoms with Crippen LogP contribution in [0.15, 0.2) is 10.9 Å². The molecule has 2 saturated heterocycles. The Morgan fingerprint density at radius 1 is 1.00 bits per heavy atom. The van der Waals surface area contributed by atoms with Crippen LogP contribution in [-0.2, 0) is 14.3 Å². The minimum Gasteiger partial charge on any atom is -0.375 e. The lowest BCUT2D eigenvalue weighted by atomic mass is 9.92. The second kappa shape index (κ2) is 10.6. The van der Waals surface area contributed by atoms with Crippen LogP contribution in [0, 0.1) is 5.92 Å².